The minimum absolute atomic E-state index is 0.126. The van der Waals surface area contributed by atoms with E-state index in [0.29, 0.717) is 6.54 Å². The van der Waals surface area contributed by atoms with Crippen molar-refractivity contribution < 1.29 is 5.11 Å². The molecule has 0 radical (unpaired) electrons. The molecule has 3 N–H and O–H groups in total. The van der Waals surface area contributed by atoms with Crippen LogP contribution in [0.4, 0.5) is 0 Å². The van der Waals surface area contributed by atoms with E-state index in [1.54, 1.807) is 6.20 Å². The maximum absolute atomic E-state index is 10.4. The fourth-order valence-electron chi connectivity index (χ4n) is 2.80. The van der Waals surface area contributed by atoms with Crippen molar-refractivity contribution in [3.8, 4) is 0 Å². The lowest BCUT2D eigenvalue weighted by atomic mass is 9.79. The Labute approximate surface area is 101 Å². The van der Waals surface area contributed by atoms with Gasteiger partial charge in [0.05, 0.1) is 0 Å². The summed E-state index contributed by atoms with van der Waals surface area (Å²) in [5.74, 6) is 0.721. The first-order chi connectivity index (χ1) is 7.72. The molecular formula is C12H20N2OS. The van der Waals surface area contributed by atoms with Gasteiger partial charge in [0, 0.05) is 23.5 Å². The molecule has 0 aromatic carbocycles. The summed E-state index contributed by atoms with van der Waals surface area (Å²) in [6.45, 7) is 2.78. The van der Waals surface area contributed by atoms with Gasteiger partial charge >= 0.3 is 0 Å². The number of hydrogen-bond donors (Lipinski definition) is 2. The van der Waals surface area contributed by atoms with Gasteiger partial charge < -0.3 is 10.8 Å². The van der Waals surface area contributed by atoms with Gasteiger partial charge in [0.1, 0.15) is 11.1 Å². The van der Waals surface area contributed by atoms with E-state index in [1.807, 2.05) is 5.38 Å². The minimum atomic E-state index is -0.478. The van der Waals surface area contributed by atoms with E-state index < -0.39 is 6.10 Å². The molecule has 3 nitrogen and oxygen atoms in total. The molecule has 3 unspecified atom stereocenters. The number of thiazole rings is 1. The normalized spacial score (nSPS) is 31.8. The van der Waals surface area contributed by atoms with Crippen LogP contribution in [0.2, 0.25) is 0 Å². The second kappa shape index (κ2) is 4.82. The largest absolute Gasteiger partial charge is 0.385 e. The summed E-state index contributed by atoms with van der Waals surface area (Å²) >= 11 is 1.52. The van der Waals surface area contributed by atoms with Gasteiger partial charge in [-0.2, -0.15) is 0 Å². The van der Waals surface area contributed by atoms with E-state index in [0.717, 1.165) is 23.8 Å². The van der Waals surface area contributed by atoms with Crippen LogP contribution in [-0.2, 0) is 0 Å². The van der Waals surface area contributed by atoms with Crippen LogP contribution in [0.1, 0.15) is 43.7 Å². The lowest BCUT2D eigenvalue weighted by Crippen LogP contribution is -2.34. The molecule has 0 spiro atoms. The van der Waals surface area contributed by atoms with Crippen molar-refractivity contribution >= 4 is 11.3 Å². The summed E-state index contributed by atoms with van der Waals surface area (Å²) in [4.78, 5) is 4.22. The molecule has 0 amide bonds. The van der Waals surface area contributed by atoms with Crippen molar-refractivity contribution in [2.75, 3.05) is 6.54 Å². The molecule has 4 heteroatoms. The fourth-order valence-corrected chi connectivity index (χ4v) is 3.56. The molecule has 1 aromatic rings. The quantitative estimate of drug-likeness (QED) is 0.849. The Balaban J connectivity index is 2.16. The third-order valence-corrected chi connectivity index (χ3v) is 4.82. The Morgan fingerprint density at radius 3 is 3.06 bits per heavy atom. The van der Waals surface area contributed by atoms with E-state index >= 15 is 0 Å². The van der Waals surface area contributed by atoms with E-state index in [9.17, 15) is 5.11 Å². The molecule has 1 saturated carbocycles. The third kappa shape index (κ3) is 2.01. The van der Waals surface area contributed by atoms with Crippen molar-refractivity contribution in [3.05, 3.63) is 16.6 Å². The predicted molar refractivity (Wildman–Crippen MR) is 66.2 cm³/mol. The zero-order valence-electron chi connectivity index (χ0n) is 9.72. The molecule has 1 aliphatic rings. The van der Waals surface area contributed by atoms with Crippen LogP contribution in [0.5, 0.6) is 0 Å². The first kappa shape index (κ1) is 12.0. The highest BCUT2D eigenvalue weighted by atomic mass is 32.1. The van der Waals surface area contributed by atoms with Crippen molar-refractivity contribution in [2.24, 2.45) is 17.1 Å². The predicted octanol–water partition coefficient (Wildman–Crippen LogP) is 2.33. The van der Waals surface area contributed by atoms with Crippen LogP contribution in [0.15, 0.2) is 11.6 Å². The highest BCUT2D eigenvalue weighted by Gasteiger charge is 2.44. The molecule has 16 heavy (non-hydrogen) atoms. The Kier molecular flexibility index (Phi) is 3.62. The second-order valence-corrected chi connectivity index (χ2v) is 5.78. The van der Waals surface area contributed by atoms with Crippen LogP contribution < -0.4 is 5.73 Å². The lowest BCUT2D eigenvalue weighted by molar-refractivity contribution is 0.0300. The van der Waals surface area contributed by atoms with Crippen LogP contribution in [-0.4, -0.2) is 16.6 Å². The average molecular weight is 240 g/mol. The highest BCUT2D eigenvalue weighted by molar-refractivity contribution is 7.09. The van der Waals surface area contributed by atoms with Crippen molar-refractivity contribution in [1.82, 2.24) is 4.98 Å². The number of nitrogens with two attached hydrogens (primary N) is 1. The topological polar surface area (TPSA) is 59.1 Å². The second-order valence-electron chi connectivity index (χ2n) is 4.86. The van der Waals surface area contributed by atoms with Gasteiger partial charge in [0.2, 0.25) is 0 Å². The summed E-state index contributed by atoms with van der Waals surface area (Å²) in [5.41, 5.74) is 5.78. The minimum Gasteiger partial charge on any atom is -0.385 e. The average Bonchev–Trinajstić information content (AvgIpc) is 2.98. The molecule has 1 aromatic heterocycles. The van der Waals surface area contributed by atoms with E-state index in [4.69, 9.17) is 5.73 Å². The smallest absolute Gasteiger partial charge is 0.122 e. The van der Waals surface area contributed by atoms with Gasteiger partial charge in [-0.15, -0.1) is 11.3 Å². The van der Waals surface area contributed by atoms with Crippen molar-refractivity contribution in [2.45, 2.75) is 38.7 Å². The van der Waals surface area contributed by atoms with Crippen molar-refractivity contribution in [3.63, 3.8) is 0 Å². The Bertz CT molecular complexity index is 328. The van der Waals surface area contributed by atoms with Gasteiger partial charge in [0.25, 0.3) is 0 Å². The van der Waals surface area contributed by atoms with E-state index in [2.05, 4.69) is 11.9 Å². The molecule has 1 fully saturated rings. The van der Waals surface area contributed by atoms with Crippen molar-refractivity contribution in [1.29, 1.82) is 0 Å². The number of hydrogen-bond acceptors (Lipinski definition) is 4. The Hall–Kier alpha value is -0.450. The zero-order valence-corrected chi connectivity index (χ0v) is 10.5. The molecule has 1 aliphatic carbocycles. The van der Waals surface area contributed by atoms with E-state index in [1.165, 1.54) is 24.2 Å². The number of aliphatic hydroxyl groups excluding tert-OH is 1. The van der Waals surface area contributed by atoms with Gasteiger partial charge in [-0.1, -0.05) is 13.3 Å². The third-order valence-electron chi connectivity index (χ3n) is 3.99. The van der Waals surface area contributed by atoms with Crippen LogP contribution in [0.3, 0.4) is 0 Å². The molecule has 2 rings (SSSR count). The first-order valence-electron chi connectivity index (χ1n) is 5.99. The Morgan fingerprint density at radius 1 is 1.75 bits per heavy atom. The number of aliphatic hydroxyl groups is 1. The van der Waals surface area contributed by atoms with Gasteiger partial charge in [-0.3, -0.25) is 0 Å². The summed E-state index contributed by atoms with van der Waals surface area (Å²) in [6, 6.07) is 0. The maximum atomic E-state index is 10.4. The molecule has 0 saturated heterocycles. The summed E-state index contributed by atoms with van der Waals surface area (Å²) in [5, 5.41) is 13.2. The molecule has 3 atom stereocenters. The summed E-state index contributed by atoms with van der Waals surface area (Å²) < 4.78 is 0. The Morgan fingerprint density at radius 2 is 2.56 bits per heavy atom. The number of nitrogens with zero attached hydrogens (tertiary/aromatic N) is 1. The fraction of sp³-hybridized carbons (Fsp3) is 0.750. The highest BCUT2D eigenvalue weighted by Crippen LogP contribution is 2.50. The number of aromatic nitrogens is 1. The van der Waals surface area contributed by atoms with Crippen LogP contribution in [0.25, 0.3) is 0 Å². The SMILES string of the molecule is CCC1CCC(CN)(C(O)c2nccs2)C1. The first-order valence-corrected chi connectivity index (χ1v) is 6.87. The zero-order chi connectivity index (χ0) is 11.6. The van der Waals surface area contributed by atoms with Crippen LogP contribution >= 0.6 is 11.3 Å². The standard InChI is InChI=1S/C12H20N2OS/c1-2-9-3-4-12(7-9,8-13)10(15)11-14-5-6-16-11/h5-6,9-10,15H,2-4,7-8,13H2,1H3. The summed E-state index contributed by atoms with van der Waals surface area (Å²) in [6.07, 6.45) is 5.72. The monoisotopic (exact) mass is 240 g/mol. The lowest BCUT2D eigenvalue weighted by Gasteiger charge is -2.32. The van der Waals surface area contributed by atoms with E-state index in [-0.39, 0.29) is 5.41 Å². The molecular weight excluding hydrogens is 220 g/mol. The number of rotatable bonds is 4. The maximum Gasteiger partial charge on any atom is 0.122 e. The molecule has 90 valence electrons. The van der Waals surface area contributed by atoms with Crippen LogP contribution in [0, 0.1) is 11.3 Å². The molecule has 1 heterocycles. The van der Waals surface area contributed by atoms with Gasteiger partial charge in [-0.05, 0) is 25.2 Å². The van der Waals surface area contributed by atoms with Gasteiger partial charge in [0.15, 0.2) is 0 Å². The molecule has 0 aliphatic heterocycles. The molecule has 0 bridgehead atoms. The summed E-state index contributed by atoms with van der Waals surface area (Å²) in [7, 11) is 0. The van der Waals surface area contributed by atoms with Gasteiger partial charge in [-0.25, -0.2) is 4.98 Å².